The van der Waals surface area contributed by atoms with E-state index in [4.69, 9.17) is 4.74 Å². The van der Waals surface area contributed by atoms with Crippen LogP contribution in [0.25, 0.3) is 11.0 Å². The Labute approximate surface area is 102 Å². The first kappa shape index (κ1) is 11.9. The van der Waals surface area contributed by atoms with E-state index in [1.807, 2.05) is 12.3 Å². The molecule has 2 aromatic rings. The number of nitrogens with one attached hydrogen (secondary N) is 1. The molecule has 0 fully saturated rings. The first-order valence-corrected chi connectivity index (χ1v) is 5.93. The molecule has 0 spiro atoms. The van der Waals surface area contributed by atoms with Crippen LogP contribution in [0.1, 0.15) is 12.5 Å². The topological polar surface area (TPSA) is 41.2 Å². The summed E-state index contributed by atoms with van der Waals surface area (Å²) < 4.78 is 5.39. The van der Waals surface area contributed by atoms with Gasteiger partial charge in [-0.3, -0.25) is 0 Å². The average molecular weight is 233 g/mol. The molecule has 0 saturated heterocycles. The summed E-state index contributed by atoms with van der Waals surface area (Å²) in [6, 6.07) is 1.91. The van der Waals surface area contributed by atoms with Crippen molar-refractivity contribution < 1.29 is 4.74 Å². The van der Waals surface area contributed by atoms with E-state index in [-0.39, 0.29) is 0 Å². The van der Waals surface area contributed by atoms with Crippen molar-refractivity contribution in [1.29, 1.82) is 0 Å². The van der Waals surface area contributed by atoms with Crippen molar-refractivity contribution >= 4 is 11.0 Å². The van der Waals surface area contributed by atoms with Crippen LogP contribution < -0.4 is 4.74 Å². The van der Waals surface area contributed by atoms with Crippen LogP contribution in [-0.4, -0.2) is 42.1 Å². The number of hydrogen-bond acceptors (Lipinski definition) is 3. The maximum atomic E-state index is 5.39. The number of aromatic amines is 1. The number of aromatic nitrogens is 2. The smallest absolute Gasteiger partial charge is 0.141 e. The molecule has 0 aromatic carbocycles. The van der Waals surface area contributed by atoms with E-state index in [1.54, 1.807) is 13.3 Å². The molecule has 2 aromatic heterocycles. The van der Waals surface area contributed by atoms with E-state index in [1.165, 1.54) is 5.56 Å². The van der Waals surface area contributed by atoms with Gasteiger partial charge in [0.25, 0.3) is 0 Å². The van der Waals surface area contributed by atoms with E-state index in [0.29, 0.717) is 0 Å². The molecule has 0 atom stereocenters. The third-order valence-electron chi connectivity index (χ3n) is 3.14. The molecule has 0 radical (unpaired) electrons. The van der Waals surface area contributed by atoms with Gasteiger partial charge in [0.15, 0.2) is 0 Å². The van der Waals surface area contributed by atoms with Crippen LogP contribution in [0.2, 0.25) is 0 Å². The minimum Gasteiger partial charge on any atom is -0.496 e. The molecule has 17 heavy (non-hydrogen) atoms. The fourth-order valence-electron chi connectivity index (χ4n) is 1.93. The highest BCUT2D eigenvalue weighted by Gasteiger charge is 2.10. The predicted molar refractivity (Wildman–Crippen MR) is 69.5 cm³/mol. The summed E-state index contributed by atoms with van der Waals surface area (Å²) in [6.45, 7) is 4.27. The van der Waals surface area contributed by atoms with E-state index >= 15 is 0 Å². The number of hydrogen-bond donors (Lipinski definition) is 1. The average Bonchev–Trinajstić information content (AvgIpc) is 2.79. The second-order valence-corrected chi connectivity index (χ2v) is 4.20. The lowest BCUT2D eigenvalue weighted by Gasteiger charge is -2.13. The van der Waals surface area contributed by atoms with Gasteiger partial charge in [-0.25, -0.2) is 4.98 Å². The quantitative estimate of drug-likeness (QED) is 0.859. The van der Waals surface area contributed by atoms with Gasteiger partial charge in [0.05, 0.1) is 12.5 Å². The Morgan fingerprint density at radius 1 is 1.47 bits per heavy atom. The molecule has 0 aliphatic heterocycles. The first-order chi connectivity index (χ1) is 8.26. The largest absolute Gasteiger partial charge is 0.496 e. The molecule has 2 rings (SSSR count). The van der Waals surface area contributed by atoms with Gasteiger partial charge in [0.2, 0.25) is 0 Å². The van der Waals surface area contributed by atoms with Crippen LogP contribution in [-0.2, 0) is 6.42 Å². The van der Waals surface area contributed by atoms with Gasteiger partial charge in [0.1, 0.15) is 11.4 Å². The molecule has 92 valence electrons. The Hall–Kier alpha value is -1.55. The van der Waals surface area contributed by atoms with Crippen LogP contribution in [0.5, 0.6) is 5.75 Å². The normalized spacial score (nSPS) is 11.3. The molecule has 0 amide bonds. The molecule has 1 N–H and O–H groups in total. The Balaban J connectivity index is 2.28. The Morgan fingerprint density at radius 3 is 3.00 bits per heavy atom. The SMILES string of the molecule is CCN(C)CCc1c[nH]c2nccc(OC)c12. The van der Waals surface area contributed by atoms with Gasteiger partial charge in [-0.15, -0.1) is 0 Å². The zero-order chi connectivity index (χ0) is 12.3. The molecular weight excluding hydrogens is 214 g/mol. The third kappa shape index (κ3) is 2.42. The van der Waals surface area contributed by atoms with Gasteiger partial charge < -0.3 is 14.6 Å². The van der Waals surface area contributed by atoms with Crippen LogP contribution in [0.15, 0.2) is 18.5 Å². The molecule has 0 aliphatic rings. The molecule has 0 unspecified atom stereocenters. The highest BCUT2D eigenvalue weighted by molar-refractivity contribution is 5.86. The second-order valence-electron chi connectivity index (χ2n) is 4.20. The van der Waals surface area contributed by atoms with E-state index in [2.05, 4.69) is 28.8 Å². The van der Waals surface area contributed by atoms with Crippen molar-refractivity contribution in [2.45, 2.75) is 13.3 Å². The molecule has 0 saturated carbocycles. The number of methoxy groups -OCH3 is 1. The summed E-state index contributed by atoms with van der Waals surface area (Å²) in [4.78, 5) is 9.80. The summed E-state index contributed by atoms with van der Waals surface area (Å²) in [5, 5.41) is 1.11. The minimum absolute atomic E-state index is 0.894. The summed E-state index contributed by atoms with van der Waals surface area (Å²) in [7, 11) is 3.83. The Morgan fingerprint density at radius 2 is 2.29 bits per heavy atom. The van der Waals surface area contributed by atoms with Gasteiger partial charge in [-0.1, -0.05) is 6.92 Å². The summed E-state index contributed by atoms with van der Waals surface area (Å²) in [5.74, 6) is 0.894. The lowest BCUT2D eigenvalue weighted by molar-refractivity contribution is 0.358. The number of rotatable bonds is 5. The van der Waals surface area contributed by atoms with Crippen molar-refractivity contribution in [3.8, 4) is 5.75 Å². The van der Waals surface area contributed by atoms with Gasteiger partial charge in [0, 0.05) is 18.9 Å². The van der Waals surface area contributed by atoms with Gasteiger partial charge in [-0.05, 0) is 31.6 Å². The summed E-state index contributed by atoms with van der Waals surface area (Å²) in [6.07, 6.45) is 4.80. The lowest BCUT2D eigenvalue weighted by Crippen LogP contribution is -2.20. The lowest BCUT2D eigenvalue weighted by atomic mass is 10.1. The number of H-pyrrole nitrogens is 1. The summed E-state index contributed by atoms with van der Waals surface area (Å²) in [5.41, 5.74) is 2.17. The highest BCUT2D eigenvalue weighted by atomic mass is 16.5. The molecule has 4 nitrogen and oxygen atoms in total. The standard InChI is InChI=1S/C13H19N3O/c1-4-16(2)8-6-10-9-15-13-12(10)11(17-3)5-7-14-13/h5,7,9H,4,6,8H2,1-3H3,(H,14,15). The van der Waals surface area contributed by atoms with Crippen LogP contribution in [0.4, 0.5) is 0 Å². The van der Waals surface area contributed by atoms with Crippen molar-refractivity contribution in [1.82, 2.24) is 14.9 Å². The summed E-state index contributed by atoms with van der Waals surface area (Å²) >= 11 is 0. The molecule has 0 aliphatic carbocycles. The van der Waals surface area contributed by atoms with Gasteiger partial charge >= 0.3 is 0 Å². The number of pyridine rings is 1. The number of nitrogens with zero attached hydrogens (tertiary/aromatic N) is 2. The van der Waals surface area contributed by atoms with E-state index < -0.39 is 0 Å². The van der Waals surface area contributed by atoms with Gasteiger partial charge in [-0.2, -0.15) is 0 Å². The third-order valence-corrected chi connectivity index (χ3v) is 3.14. The second kappa shape index (κ2) is 5.19. The first-order valence-electron chi connectivity index (χ1n) is 5.93. The molecule has 0 bridgehead atoms. The van der Waals surface area contributed by atoms with E-state index in [0.717, 1.165) is 36.3 Å². The Bertz CT molecular complexity index is 492. The number of ether oxygens (including phenoxy) is 1. The zero-order valence-corrected chi connectivity index (χ0v) is 10.7. The van der Waals surface area contributed by atoms with Crippen molar-refractivity contribution in [2.24, 2.45) is 0 Å². The van der Waals surface area contributed by atoms with E-state index in [9.17, 15) is 0 Å². The highest BCUT2D eigenvalue weighted by Crippen LogP contribution is 2.27. The fraction of sp³-hybridized carbons (Fsp3) is 0.462. The van der Waals surface area contributed by atoms with Crippen LogP contribution >= 0.6 is 0 Å². The van der Waals surface area contributed by atoms with Crippen molar-refractivity contribution in [3.63, 3.8) is 0 Å². The molecular formula is C13H19N3O. The predicted octanol–water partition coefficient (Wildman–Crippen LogP) is 2.07. The van der Waals surface area contributed by atoms with Crippen molar-refractivity contribution in [2.75, 3.05) is 27.2 Å². The molecule has 4 heteroatoms. The minimum atomic E-state index is 0.894. The molecule has 2 heterocycles. The zero-order valence-electron chi connectivity index (χ0n) is 10.7. The maximum absolute atomic E-state index is 5.39. The number of likely N-dealkylation sites (N-methyl/N-ethyl adjacent to an activating group) is 1. The van der Waals surface area contributed by atoms with Crippen molar-refractivity contribution in [3.05, 3.63) is 24.0 Å². The number of fused-ring (bicyclic) bond motifs is 1. The van der Waals surface area contributed by atoms with Crippen LogP contribution in [0, 0.1) is 0 Å². The fourth-order valence-corrected chi connectivity index (χ4v) is 1.93. The van der Waals surface area contributed by atoms with Crippen LogP contribution in [0.3, 0.4) is 0 Å². The monoisotopic (exact) mass is 233 g/mol. The Kier molecular flexibility index (Phi) is 3.64. The maximum Gasteiger partial charge on any atom is 0.141 e.